The van der Waals surface area contributed by atoms with Crippen molar-refractivity contribution in [1.29, 1.82) is 0 Å². The Labute approximate surface area is 192 Å². The van der Waals surface area contributed by atoms with Gasteiger partial charge < -0.3 is 20.5 Å². The molecule has 9 nitrogen and oxygen atoms in total. The molecule has 0 amide bonds. The molecule has 0 unspecified atom stereocenters. The number of fused-ring (bicyclic) bond motifs is 1. The van der Waals surface area contributed by atoms with E-state index in [1.54, 1.807) is 18.4 Å². The third kappa shape index (κ3) is 4.69. The maximum atomic E-state index is 11.6. The van der Waals surface area contributed by atoms with E-state index in [2.05, 4.69) is 30.8 Å². The Bertz CT molecular complexity index is 1240. The van der Waals surface area contributed by atoms with Gasteiger partial charge in [-0.2, -0.15) is 0 Å². The highest BCUT2D eigenvalue weighted by atomic mass is 32.1. The molecule has 166 valence electrons. The second-order valence-electron chi connectivity index (χ2n) is 7.08. The van der Waals surface area contributed by atoms with Crippen LogP contribution in [0.4, 0.5) is 21.9 Å². The quantitative estimate of drug-likeness (QED) is 0.292. The molecular weight excluding hydrogens is 448 g/mol. The van der Waals surface area contributed by atoms with Crippen molar-refractivity contribution in [3.8, 4) is 0 Å². The summed E-state index contributed by atoms with van der Waals surface area (Å²) in [5.41, 5.74) is 2.79. The summed E-state index contributed by atoms with van der Waals surface area (Å²) in [5, 5.41) is 25.7. The van der Waals surface area contributed by atoms with Gasteiger partial charge in [0.1, 0.15) is 0 Å². The molecule has 0 atom stereocenters. The summed E-state index contributed by atoms with van der Waals surface area (Å²) in [6, 6.07) is 7.94. The largest absolute Gasteiger partial charge is 0.476 e. The molecular formula is C21H22N6O3S2. The molecule has 0 aliphatic carbocycles. The van der Waals surface area contributed by atoms with Crippen molar-refractivity contribution in [1.82, 2.24) is 20.2 Å². The third-order valence-corrected chi connectivity index (χ3v) is 6.90. The number of rotatable bonds is 9. The number of benzene rings is 1. The Balaban J connectivity index is 1.54. The summed E-state index contributed by atoms with van der Waals surface area (Å²) in [6.07, 6.45) is 1.31. The van der Waals surface area contributed by atoms with E-state index in [1.807, 2.05) is 38.1 Å². The Morgan fingerprint density at radius 3 is 2.31 bits per heavy atom. The van der Waals surface area contributed by atoms with E-state index < -0.39 is 5.97 Å². The number of anilines is 4. The fourth-order valence-electron chi connectivity index (χ4n) is 3.09. The Kier molecular flexibility index (Phi) is 6.58. The Morgan fingerprint density at radius 1 is 1.03 bits per heavy atom. The highest BCUT2D eigenvalue weighted by Gasteiger charge is 2.19. The highest BCUT2D eigenvalue weighted by molar-refractivity contribution is 7.22. The van der Waals surface area contributed by atoms with Crippen LogP contribution in [-0.4, -0.2) is 45.0 Å². The number of carboxylic acid groups (broad SMARTS) is 1. The Morgan fingerprint density at radius 2 is 1.69 bits per heavy atom. The number of nitrogens with zero attached hydrogens (tertiary/aromatic N) is 4. The van der Waals surface area contributed by atoms with Gasteiger partial charge in [0.15, 0.2) is 27.6 Å². The normalized spacial score (nSPS) is 11.1. The van der Waals surface area contributed by atoms with Gasteiger partial charge in [-0.1, -0.05) is 23.5 Å². The maximum absolute atomic E-state index is 11.6. The first-order valence-electron chi connectivity index (χ1n) is 9.91. The number of hydrogen-bond acceptors (Lipinski definition) is 10. The van der Waals surface area contributed by atoms with Crippen LogP contribution in [-0.2, 0) is 11.2 Å². The minimum Gasteiger partial charge on any atom is -0.476 e. The smallest absolute Gasteiger partial charge is 0.355 e. The predicted molar refractivity (Wildman–Crippen MR) is 127 cm³/mol. The molecule has 0 spiro atoms. The van der Waals surface area contributed by atoms with Crippen molar-refractivity contribution in [2.45, 2.75) is 26.7 Å². The van der Waals surface area contributed by atoms with E-state index in [-0.39, 0.29) is 5.69 Å². The lowest BCUT2D eigenvalue weighted by Gasteiger charge is -2.11. The third-order valence-electron chi connectivity index (χ3n) is 4.92. The van der Waals surface area contributed by atoms with Gasteiger partial charge in [0.2, 0.25) is 0 Å². The summed E-state index contributed by atoms with van der Waals surface area (Å²) in [7, 11) is 1.62. The molecule has 0 aliphatic rings. The molecule has 3 aromatic heterocycles. The van der Waals surface area contributed by atoms with Crippen LogP contribution in [0.1, 0.15) is 32.9 Å². The lowest BCUT2D eigenvalue weighted by atomic mass is 10.2. The maximum Gasteiger partial charge on any atom is 0.355 e. The molecule has 3 heterocycles. The van der Waals surface area contributed by atoms with E-state index in [1.165, 1.54) is 11.3 Å². The van der Waals surface area contributed by atoms with Crippen molar-refractivity contribution >= 4 is 60.8 Å². The average molecular weight is 471 g/mol. The molecule has 0 saturated heterocycles. The number of aryl methyl sites for hydroxylation is 1. The standard InChI is InChI=1S/C21H22N6O3S2/c1-11-12(2)18(25-21-23-16(19(28)29)15(32-21)9-6-10-30-3)27-26-17(11)24-20-22-13-7-4-5-8-14(13)31-20/h4-5,7-8H,6,9-10H2,1-3H3,(H,28,29)(H,22,24,26)(H,23,25,27). The number of ether oxygens (including phenoxy) is 1. The van der Waals surface area contributed by atoms with E-state index in [0.717, 1.165) is 32.9 Å². The second kappa shape index (κ2) is 9.55. The summed E-state index contributed by atoms with van der Waals surface area (Å²) in [6.45, 7) is 4.44. The SMILES string of the molecule is COCCCc1sc(Nc2nnc(Nc3nc4ccccc4s3)c(C)c2C)nc1C(=O)O. The first kappa shape index (κ1) is 22.1. The summed E-state index contributed by atoms with van der Waals surface area (Å²) in [4.78, 5) is 21.1. The molecule has 4 rings (SSSR count). The molecule has 0 bridgehead atoms. The molecule has 1 aromatic carbocycles. The van der Waals surface area contributed by atoms with Crippen molar-refractivity contribution in [3.05, 3.63) is 46.0 Å². The van der Waals surface area contributed by atoms with Crippen LogP contribution in [0, 0.1) is 13.8 Å². The van der Waals surface area contributed by atoms with Crippen LogP contribution in [0.2, 0.25) is 0 Å². The fraction of sp³-hybridized carbons (Fsp3) is 0.286. The second-order valence-corrected chi connectivity index (χ2v) is 9.19. The lowest BCUT2D eigenvalue weighted by molar-refractivity contribution is 0.0690. The van der Waals surface area contributed by atoms with Gasteiger partial charge in [-0.25, -0.2) is 14.8 Å². The highest BCUT2D eigenvalue weighted by Crippen LogP contribution is 2.32. The number of methoxy groups -OCH3 is 1. The first-order chi connectivity index (χ1) is 15.5. The minimum atomic E-state index is -1.05. The number of hydrogen-bond donors (Lipinski definition) is 3. The first-order valence-corrected chi connectivity index (χ1v) is 11.5. The molecule has 0 aliphatic heterocycles. The average Bonchev–Trinajstić information content (AvgIpc) is 3.37. The molecule has 3 N–H and O–H groups in total. The van der Waals surface area contributed by atoms with Gasteiger partial charge in [0.25, 0.3) is 0 Å². The van der Waals surface area contributed by atoms with Crippen LogP contribution < -0.4 is 10.6 Å². The fourth-order valence-corrected chi connectivity index (χ4v) is 4.95. The van der Waals surface area contributed by atoms with Gasteiger partial charge in [-0.15, -0.1) is 21.5 Å². The van der Waals surface area contributed by atoms with E-state index >= 15 is 0 Å². The number of para-hydroxylation sites is 1. The van der Waals surface area contributed by atoms with E-state index in [9.17, 15) is 9.90 Å². The van der Waals surface area contributed by atoms with Crippen molar-refractivity contribution in [2.24, 2.45) is 0 Å². The number of carboxylic acids is 1. The van der Waals surface area contributed by atoms with E-state index in [0.29, 0.717) is 34.7 Å². The van der Waals surface area contributed by atoms with Crippen LogP contribution in [0.5, 0.6) is 0 Å². The zero-order valence-electron chi connectivity index (χ0n) is 17.8. The number of thiazole rings is 2. The van der Waals surface area contributed by atoms with Gasteiger partial charge >= 0.3 is 5.97 Å². The van der Waals surface area contributed by atoms with Crippen molar-refractivity contribution < 1.29 is 14.6 Å². The summed E-state index contributed by atoms with van der Waals surface area (Å²) < 4.78 is 6.15. The number of carbonyl (C=O) groups is 1. The molecule has 32 heavy (non-hydrogen) atoms. The summed E-state index contributed by atoms with van der Waals surface area (Å²) in [5.74, 6) is 0.111. The lowest BCUT2D eigenvalue weighted by Crippen LogP contribution is -2.05. The monoisotopic (exact) mass is 470 g/mol. The topological polar surface area (TPSA) is 122 Å². The zero-order chi connectivity index (χ0) is 22.7. The molecule has 4 aromatic rings. The minimum absolute atomic E-state index is 0.0602. The predicted octanol–water partition coefficient (Wildman–Crippen LogP) is 4.92. The van der Waals surface area contributed by atoms with Gasteiger partial charge in [-0.3, -0.25) is 0 Å². The Hall–Kier alpha value is -3.15. The van der Waals surface area contributed by atoms with Gasteiger partial charge in [-0.05, 0) is 38.8 Å². The van der Waals surface area contributed by atoms with Crippen LogP contribution in [0.25, 0.3) is 10.2 Å². The van der Waals surface area contributed by atoms with Crippen LogP contribution in [0.15, 0.2) is 24.3 Å². The van der Waals surface area contributed by atoms with Crippen molar-refractivity contribution in [3.63, 3.8) is 0 Å². The number of nitrogens with one attached hydrogen (secondary N) is 2. The van der Waals surface area contributed by atoms with Crippen LogP contribution in [0.3, 0.4) is 0 Å². The molecule has 0 saturated carbocycles. The van der Waals surface area contributed by atoms with Gasteiger partial charge in [0, 0.05) is 29.7 Å². The molecule has 0 fully saturated rings. The number of aromatic carboxylic acids is 1. The number of aromatic nitrogens is 4. The molecule has 0 radical (unpaired) electrons. The van der Waals surface area contributed by atoms with E-state index in [4.69, 9.17) is 4.74 Å². The van der Waals surface area contributed by atoms with Crippen molar-refractivity contribution in [2.75, 3.05) is 24.4 Å². The zero-order valence-corrected chi connectivity index (χ0v) is 19.4. The van der Waals surface area contributed by atoms with Gasteiger partial charge in [0.05, 0.1) is 10.2 Å². The van der Waals surface area contributed by atoms with Crippen LogP contribution >= 0.6 is 22.7 Å². The summed E-state index contributed by atoms with van der Waals surface area (Å²) >= 11 is 2.86. The molecule has 11 heteroatoms.